The summed E-state index contributed by atoms with van der Waals surface area (Å²) in [5, 5.41) is 0. The van der Waals surface area contributed by atoms with E-state index in [1.807, 2.05) is 0 Å². The number of alkyl halides is 1. The van der Waals surface area contributed by atoms with Crippen LogP contribution in [0.4, 0.5) is 0 Å². The molecule has 0 N–H and O–H groups in total. The number of halogens is 1. The summed E-state index contributed by atoms with van der Waals surface area (Å²) in [5.74, 6) is 1.65. The van der Waals surface area contributed by atoms with Gasteiger partial charge in [-0.1, -0.05) is 12.1 Å². The predicted molar refractivity (Wildman–Crippen MR) is 80.8 cm³/mol. The van der Waals surface area contributed by atoms with E-state index in [9.17, 15) is 0 Å². The Labute approximate surface area is 125 Å². The summed E-state index contributed by atoms with van der Waals surface area (Å²) >= 11 is 5.91. The fourth-order valence-corrected chi connectivity index (χ4v) is 3.13. The molecule has 2 heterocycles. The minimum absolute atomic E-state index is 0.182. The monoisotopic (exact) mass is 295 g/mol. The van der Waals surface area contributed by atoms with E-state index in [1.165, 1.54) is 11.1 Å². The van der Waals surface area contributed by atoms with Crippen LogP contribution in [0.25, 0.3) is 0 Å². The molecule has 110 valence electrons. The molecular formula is C16H22ClNO2. The largest absolute Gasteiger partial charge is 0.493 e. The number of hydrogen-bond acceptors (Lipinski definition) is 3. The van der Waals surface area contributed by atoms with Crippen LogP contribution in [0.2, 0.25) is 0 Å². The number of benzene rings is 1. The Kier molecular flexibility index (Phi) is 4.49. The highest BCUT2D eigenvalue weighted by molar-refractivity contribution is 6.18. The highest BCUT2D eigenvalue weighted by Crippen LogP contribution is 2.26. The zero-order valence-electron chi connectivity index (χ0n) is 12.0. The first-order chi connectivity index (χ1) is 9.76. The van der Waals surface area contributed by atoms with Crippen molar-refractivity contribution < 1.29 is 9.47 Å². The summed E-state index contributed by atoms with van der Waals surface area (Å²) in [4.78, 5) is 2.49. The summed E-state index contributed by atoms with van der Waals surface area (Å²) in [7, 11) is 0. The molecule has 0 aromatic heterocycles. The molecule has 2 atom stereocenters. The summed E-state index contributed by atoms with van der Waals surface area (Å²) < 4.78 is 11.2. The van der Waals surface area contributed by atoms with E-state index < -0.39 is 0 Å². The molecule has 3 nitrogen and oxygen atoms in total. The van der Waals surface area contributed by atoms with Gasteiger partial charge >= 0.3 is 0 Å². The van der Waals surface area contributed by atoms with Crippen molar-refractivity contribution in [3.8, 4) is 5.75 Å². The highest BCUT2D eigenvalue weighted by Gasteiger charge is 2.25. The fraction of sp³-hybridized carbons (Fsp3) is 0.625. The van der Waals surface area contributed by atoms with Crippen LogP contribution in [-0.4, -0.2) is 49.2 Å². The van der Waals surface area contributed by atoms with Gasteiger partial charge in [-0.15, -0.1) is 11.6 Å². The van der Waals surface area contributed by atoms with E-state index >= 15 is 0 Å². The molecule has 2 unspecified atom stereocenters. The maximum Gasteiger partial charge on any atom is 0.122 e. The van der Waals surface area contributed by atoms with Crippen molar-refractivity contribution in [1.82, 2.24) is 4.90 Å². The van der Waals surface area contributed by atoms with Crippen molar-refractivity contribution in [2.75, 3.05) is 32.2 Å². The van der Waals surface area contributed by atoms with Crippen molar-refractivity contribution in [1.29, 1.82) is 0 Å². The third-order valence-electron chi connectivity index (χ3n) is 4.25. The minimum atomic E-state index is 0.182. The number of morpholine rings is 1. The van der Waals surface area contributed by atoms with Crippen LogP contribution in [0.15, 0.2) is 18.2 Å². The van der Waals surface area contributed by atoms with Crippen LogP contribution in [0.3, 0.4) is 0 Å². The Morgan fingerprint density at radius 3 is 3.15 bits per heavy atom. The van der Waals surface area contributed by atoms with Gasteiger partial charge in [0.15, 0.2) is 0 Å². The average Bonchev–Trinajstić information content (AvgIpc) is 2.94. The first-order valence-electron chi connectivity index (χ1n) is 7.42. The van der Waals surface area contributed by atoms with Gasteiger partial charge in [-0.3, -0.25) is 4.90 Å². The van der Waals surface area contributed by atoms with Crippen LogP contribution in [0, 0.1) is 0 Å². The topological polar surface area (TPSA) is 21.7 Å². The lowest BCUT2D eigenvalue weighted by molar-refractivity contribution is -0.0471. The summed E-state index contributed by atoms with van der Waals surface area (Å²) in [6.07, 6.45) is 2.30. The molecule has 0 spiro atoms. The third-order valence-corrected chi connectivity index (χ3v) is 4.59. The zero-order chi connectivity index (χ0) is 13.9. The lowest BCUT2D eigenvalue weighted by atomic mass is 10.1. The summed E-state index contributed by atoms with van der Waals surface area (Å²) in [6, 6.07) is 7.08. The van der Waals surface area contributed by atoms with Crippen molar-refractivity contribution in [2.45, 2.75) is 31.9 Å². The van der Waals surface area contributed by atoms with E-state index in [4.69, 9.17) is 21.1 Å². The molecule has 0 bridgehead atoms. The minimum Gasteiger partial charge on any atom is -0.493 e. The van der Waals surface area contributed by atoms with E-state index in [0.29, 0.717) is 11.9 Å². The van der Waals surface area contributed by atoms with Crippen LogP contribution >= 0.6 is 11.6 Å². The first kappa shape index (κ1) is 14.2. The van der Waals surface area contributed by atoms with E-state index in [1.54, 1.807) is 0 Å². The van der Waals surface area contributed by atoms with Crippen LogP contribution in [-0.2, 0) is 17.6 Å². The Morgan fingerprint density at radius 2 is 2.30 bits per heavy atom. The molecule has 0 aliphatic carbocycles. The molecule has 4 heteroatoms. The second-order valence-corrected chi connectivity index (χ2v) is 6.05. The van der Waals surface area contributed by atoms with Crippen molar-refractivity contribution in [2.24, 2.45) is 0 Å². The molecule has 0 saturated carbocycles. The predicted octanol–water partition coefficient (Wildman–Crippen LogP) is 2.49. The Balaban J connectivity index is 1.58. The van der Waals surface area contributed by atoms with Gasteiger partial charge in [0.1, 0.15) is 5.75 Å². The van der Waals surface area contributed by atoms with E-state index in [-0.39, 0.29) is 6.10 Å². The number of hydrogen-bond donors (Lipinski definition) is 0. The van der Waals surface area contributed by atoms with Gasteiger partial charge in [0.25, 0.3) is 0 Å². The maximum absolute atomic E-state index is 5.91. The molecule has 1 aromatic carbocycles. The Hall–Kier alpha value is -0.770. The second-order valence-electron chi connectivity index (χ2n) is 5.74. The molecule has 20 heavy (non-hydrogen) atoms. The lowest BCUT2D eigenvalue weighted by Crippen LogP contribution is -2.49. The van der Waals surface area contributed by atoms with Gasteiger partial charge in [0.05, 0.1) is 19.3 Å². The first-order valence-corrected chi connectivity index (χ1v) is 7.96. The number of rotatable bonds is 4. The lowest BCUT2D eigenvalue weighted by Gasteiger charge is -2.37. The quantitative estimate of drug-likeness (QED) is 0.797. The van der Waals surface area contributed by atoms with Crippen LogP contribution < -0.4 is 4.74 Å². The molecule has 0 radical (unpaired) electrons. The summed E-state index contributed by atoms with van der Waals surface area (Å²) in [6.45, 7) is 5.85. The molecule has 2 aliphatic heterocycles. The molecule has 3 rings (SSSR count). The maximum atomic E-state index is 5.91. The Bertz CT molecular complexity index is 466. The van der Waals surface area contributed by atoms with Gasteiger partial charge in [0.2, 0.25) is 0 Å². The normalized spacial score (nSPS) is 26.3. The smallest absolute Gasteiger partial charge is 0.122 e. The molecule has 2 aliphatic rings. The molecule has 1 aromatic rings. The van der Waals surface area contributed by atoms with Gasteiger partial charge in [-0.25, -0.2) is 0 Å². The van der Waals surface area contributed by atoms with Crippen LogP contribution in [0.5, 0.6) is 5.75 Å². The summed E-state index contributed by atoms with van der Waals surface area (Å²) in [5.41, 5.74) is 2.76. The number of ether oxygens (including phenoxy) is 2. The molecule has 0 amide bonds. The third kappa shape index (κ3) is 3.11. The van der Waals surface area contributed by atoms with Gasteiger partial charge in [-0.05, 0) is 30.5 Å². The SMILES string of the molecule is CC1COC(CCl)CN1CCc1ccc2c(c1)CCO2. The highest BCUT2D eigenvalue weighted by atomic mass is 35.5. The molecule has 1 fully saturated rings. The zero-order valence-corrected chi connectivity index (χ0v) is 12.7. The van der Waals surface area contributed by atoms with E-state index in [0.717, 1.165) is 44.9 Å². The van der Waals surface area contributed by atoms with Gasteiger partial charge in [0, 0.05) is 31.4 Å². The molecule has 1 saturated heterocycles. The number of fused-ring (bicyclic) bond motifs is 1. The second kappa shape index (κ2) is 6.33. The van der Waals surface area contributed by atoms with E-state index in [2.05, 4.69) is 30.0 Å². The standard InChI is InChI=1S/C16H22ClNO2/c1-12-11-20-15(9-17)10-18(12)6-4-13-2-3-16-14(8-13)5-7-19-16/h2-3,8,12,15H,4-7,9-11H2,1H3. The fourth-order valence-electron chi connectivity index (χ4n) is 2.95. The Morgan fingerprint density at radius 1 is 1.40 bits per heavy atom. The van der Waals surface area contributed by atoms with Gasteiger partial charge < -0.3 is 9.47 Å². The van der Waals surface area contributed by atoms with Crippen molar-refractivity contribution in [3.05, 3.63) is 29.3 Å². The van der Waals surface area contributed by atoms with Crippen molar-refractivity contribution >= 4 is 11.6 Å². The van der Waals surface area contributed by atoms with Crippen LogP contribution in [0.1, 0.15) is 18.1 Å². The van der Waals surface area contributed by atoms with Crippen molar-refractivity contribution in [3.63, 3.8) is 0 Å². The average molecular weight is 296 g/mol. The number of nitrogens with zero attached hydrogens (tertiary/aromatic N) is 1. The molecular weight excluding hydrogens is 274 g/mol. The van der Waals surface area contributed by atoms with Gasteiger partial charge in [-0.2, -0.15) is 0 Å².